The smallest absolute Gasteiger partial charge is 0.318 e. The van der Waals surface area contributed by atoms with Gasteiger partial charge in [-0.15, -0.1) is 0 Å². The molecule has 0 unspecified atom stereocenters. The summed E-state index contributed by atoms with van der Waals surface area (Å²) in [6, 6.07) is 11.7. The highest BCUT2D eigenvalue weighted by molar-refractivity contribution is 6.04. The first-order valence-corrected chi connectivity index (χ1v) is 12.5. The van der Waals surface area contributed by atoms with E-state index in [0.717, 1.165) is 30.6 Å². The molecule has 1 aromatic carbocycles. The molecule has 1 aliphatic rings. The predicted molar refractivity (Wildman–Crippen MR) is 137 cm³/mol. The quantitative estimate of drug-likeness (QED) is 0.457. The van der Waals surface area contributed by atoms with Crippen LogP contribution in [0.15, 0.2) is 48.8 Å². The molecule has 0 radical (unpaired) electrons. The third-order valence-corrected chi connectivity index (χ3v) is 7.14. The van der Waals surface area contributed by atoms with Gasteiger partial charge in [-0.05, 0) is 75.8 Å². The van der Waals surface area contributed by atoms with Crippen molar-refractivity contribution in [2.45, 2.75) is 64.4 Å². The Balaban J connectivity index is 1.50. The fourth-order valence-corrected chi connectivity index (χ4v) is 4.87. The molecule has 190 valence electrons. The number of carbonyl (C=O) groups excluding carboxylic acids is 2. The van der Waals surface area contributed by atoms with Crippen LogP contribution in [0.2, 0.25) is 0 Å². The van der Waals surface area contributed by atoms with Crippen molar-refractivity contribution in [2.24, 2.45) is 0 Å². The highest BCUT2D eigenvalue weighted by Crippen LogP contribution is 2.40. The molecular formula is C28H34N4O4. The summed E-state index contributed by atoms with van der Waals surface area (Å²) in [6.07, 6.45) is 7.03. The van der Waals surface area contributed by atoms with E-state index >= 15 is 0 Å². The first-order valence-electron chi connectivity index (χ1n) is 12.5. The SMILES string of the molecule is CCOC(=O)C1(c2ccc(NC(=O)c3cnn(-c4ccc(CC)cc4)c3C)cn2)CCC(OC)CC1. The lowest BCUT2D eigenvalue weighted by Crippen LogP contribution is -2.43. The van der Waals surface area contributed by atoms with Gasteiger partial charge in [0.25, 0.3) is 5.91 Å². The van der Waals surface area contributed by atoms with E-state index in [4.69, 9.17) is 9.47 Å². The number of amides is 1. The summed E-state index contributed by atoms with van der Waals surface area (Å²) in [7, 11) is 1.70. The Kier molecular flexibility index (Phi) is 7.84. The van der Waals surface area contributed by atoms with E-state index in [1.54, 1.807) is 30.3 Å². The van der Waals surface area contributed by atoms with Gasteiger partial charge in [-0.1, -0.05) is 19.1 Å². The lowest BCUT2D eigenvalue weighted by Gasteiger charge is -2.37. The summed E-state index contributed by atoms with van der Waals surface area (Å²) in [5.74, 6) is -0.516. The molecule has 0 atom stereocenters. The first kappa shape index (κ1) is 25.6. The zero-order valence-electron chi connectivity index (χ0n) is 21.4. The maximum absolute atomic E-state index is 13.0. The van der Waals surface area contributed by atoms with Crippen LogP contribution < -0.4 is 5.32 Å². The number of esters is 1. The number of rotatable bonds is 8. The van der Waals surface area contributed by atoms with Crippen LogP contribution in [0.25, 0.3) is 5.69 Å². The third kappa shape index (κ3) is 5.04. The Morgan fingerprint density at radius 3 is 2.39 bits per heavy atom. The standard InChI is InChI=1S/C28H34N4O4/c1-5-20-7-10-22(11-8-20)32-19(3)24(18-30-32)26(33)31-21-9-12-25(29-17-21)28(27(34)36-6-2)15-13-23(35-4)14-16-28/h7-12,17-18,23H,5-6,13-16H2,1-4H3,(H,31,33). The van der Waals surface area contributed by atoms with Gasteiger partial charge >= 0.3 is 5.97 Å². The van der Waals surface area contributed by atoms with Gasteiger partial charge in [-0.2, -0.15) is 5.10 Å². The Morgan fingerprint density at radius 1 is 1.08 bits per heavy atom. The van der Waals surface area contributed by atoms with Crippen LogP contribution in [0.1, 0.15) is 66.8 Å². The van der Waals surface area contributed by atoms with Gasteiger partial charge < -0.3 is 14.8 Å². The van der Waals surface area contributed by atoms with E-state index in [1.807, 2.05) is 32.0 Å². The van der Waals surface area contributed by atoms with Gasteiger partial charge in [-0.25, -0.2) is 4.68 Å². The van der Waals surface area contributed by atoms with E-state index in [2.05, 4.69) is 34.5 Å². The maximum atomic E-state index is 13.0. The highest BCUT2D eigenvalue weighted by atomic mass is 16.5. The van der Waals surface area contributed by atoms with Crippen LogP contribution in [0.5, 0.6) is 0 Å². The molecule has 1 aliphatic carbocycles. The van der Waals surface area contributed by atoms with Gasteiger partial charge in [0.15, 0.2) is 0 Å². The normalized spacial score (nSPS) is 19.6. The molecule has 1 amide bonds. The molecule has 2 heterocycles. The fourth-order valence-electron chi connectivity index (χ4n) is 4.87. The molecule has 4 rings (SSSR count). The van der Waals surface area contributed by atoms with Crippen LogP contribution in [0.4, 0.5) is 5.69 Å². The lowest BCUT2D eigenvalue weighted by atomic mass is 9.70. The van der Waals surface area contributed by atoms with Crippen molar-refractivity contribution in [3.8, 4) is 5.69 Å². The minimum atomic E-state index is -0.793. The van der Waals surface area contributed by atoms with E-state index in [9.17, 15) is 9.59 Å². The Morgan fingerprint density at radius 2 is 1.81 bits per heavy atom. The summed E-state index contributed by atoms with van der Waals surface area (Å²) < 4.78 is 12.7. The van der Waals surface area contributed by atoms with E-state index < -0.39 is 5.41 Å². The number of pyridine rings is 1. The molecule has 8 heteroatoms. The van der Waals surface area contributed by atoms with Gasteiger partial charge in [0.1, 0.15) is 5.41 Å². The maximum Gasteiger partial charge on any atom is 0.318 e. The van der Waals surface area contributed by atoms with Crippen molar-refractivity contribution in [3.05, 3.63) is 71.3 Å². The molecule has 36 heavy (non-hydrogen) atoms. The molecule has 0 aliphatic heterocycles. The number of ether oxygens (including phenoxy) is 2. The average Bonchev–Trinajstić information content (AvgIpc) is 3.30. The molecule has 2 aromatic heterocycles. The second kappa shape index (κ2) is 11.0. The van der Waals surface area contributed by atoms with Crippen LogP contribution in [0, 0.1) is 6.92 Å². The summed E-state index contributed by atoms with van der Waals surface area (Å²) >= 11 is 0. The van der Waals surface area contributed by atoms with Gasteiger partial charge in [-0.3, -0.25) is 14.6 Å². The first-order chi connectivity index (χ1) is 17.4. The molecule has 8 nitrogen and oxygen atoms in total. The summed E-state index contributed by atoms with van der Waals surface area (Å²) in [4.78, 5) is 30.6. The molecule has 3 aromatic rings. The van der Waals surface area contributed by atoms with Crippen molar-refractivity contribution in [2.75, 3.05) is 19.0 Å². The minimum Gasteiger partial charge on any atom is -0.465 e. The molecule has 0 saturated heterocycles. The van der Waals surface area contributed by atoms with Crippen LogP contribution >= 0.6 is 0 Å². The van der Waals surface area contributed by atoms with Crippen molar-refractivity contribution >= 4 is 17.6 Å². The molecule has 1 saturated carbocycles. The molecule has 0 bridgehead atoms. The average molecular weight is 491 g/mol. The van der Waals surface area contributed by atoms with Crippen molar-refractivity contribution in [1.29, 1.82) is 0 Å². The van der Waals surface area contributed by atoms with Crippen molar-refractivity contribution in [3.63, 3.8) is 0 Å². The second-order valence-corrected chi connectivity index (χ2v) is 9.20. The summed E-state index contributed by atoms with van der Waals surface area (Å²) in [5, 5.41) is 7.32. The van der Waals surface area contributed by atoms with Crippen molar-refractivity contribution in [1.82, 2.24) is 14.8 Å². The fraction of sp³-hybridized carbons (Fsp3) is 0.429. The number of nitrogens with one attached hydrogen (secondary N) is 1. The summed E-state index contributed by atoms with van der Waals surface area (Å²) in [6.45, 7) is 6.11. The number of nitrogens with zero attached hydrogens (tertiary/aromatic N) is 3. The second-order valence-electron chi connectivity index (χ2n) is 9.20. The lowest BCUT2D eigenvalue weighted by molar-refractivity contribution is -0.153. The monoisotopic (exact) mass is 490 g/mol. The Labute approximate surface area is 212 Å². The van der Waals surface area contributed by atoms with Crippen LogP contribution in [-0.2, 0) is 26.1 Å². The van der Waals surface area contributed by atoms with E-state index in [0.29, 0.717) is 36.4 Å². The number of benzene rings is 1. The minimum absolute atomic E-state index is 0.139. The predicted octanol–water partition coefficient (Wildman–Crippen LogP) is 4.78. The summed E-state index contributed by atoms with van der Waals surface area (Å²) in [5.41, 5.74) is 3.80. The molecule has 0 spiro atoms. The van der Waals surface area contributed by atoms with Crippen LogP contribution in [-0.4, -0.2) is 46.5 Å². The number of aromatic nitrogens is 3. The largest absolute Gasteiger partial charge is 0.465 e. The zero-order valence-corrected chi connectivity index (χ0v) is 21.4. The van der Waals surface area contributed by atoms with E-state index in [1.165, 1.54) is 5.56 Å². The number of hydrogen-bond donors (Lipinski definition) is 1. The number of hydrogen-bond acceptors (Lipinski definition) is 6. The number of anilines is 1. The van der Waals surface area contributed by atoms with Gasteiger partial charge in [0.2, 0.25) is 0 Å². The van der Waals surface area contributed by atoms with Gasteiger partial charge in [0, 0.05) is 7.11 Å². The molecule has 1 fully saturated rings. The van der Waals surface area contributed by atoms with Crippen LogP contribution in [0.3, 0.4) is 0 Å². The van der Waals surface area contributed by atoms with Gasteiger partial charge in [0.05, 0.1) is 53.4 Å². The topological polar surface area (TPSA) is 95.3 Å². The Bertz CT molecular complexity index is 1190. The highest BCUT2D eigenvalue weighted by Gasteiger charge is 2.45. The zero-order chi connectivity index (χ0) is 25.7. The number of aryl methyl sites for hydroxylation is 1. The number of methoxy groups -OCH3 is 1. The Hall–Kier alpha value is -3.52. The van der Waals surface area contributed by atoms with Crippen molar-refractivity contribution < 1.29 is 19.1 Å². The van der Waals surface area contributed by atoms with E-state index in [-0.39, 0.29) is 18.0 Å². The molecular weight excluding hydrogens is 456 g/mol. The third-order valence-electron chi connectivity index (χ3n) is 7.14. The molecule has 1 N–H and O–H groups in total. The number of carbonyl (C=O) groups is 2.